The summed E-state index contributed by atoms with van der Waals surface area (Å²) < 4.78 is 10.9. The van der Waals surface area contributed by atoms with Crippen LogP contribution in [0.25, 0.3) is 11.1 Å². The van der Waals surface area contributed by atoms with Crippen molar-refractivity contribution in [1.82, 2.24) is 5.32 Å². The molecule has 2 aromatic carbocycles. The molecule has 1 aliphatic carbocycles. The van der Waals surface area contributed by atoms with Crippen LogP contribution in [0.15, 0.2) is 36.4 Å². The number of hydrogen-bond acceptors (Lipinski definition) is 3. The van der Waals surface area contributed by atoms with Crippen LogP contribution in [0.3, 0.4) is 0 Å². The van der Waals surface area contributed by atoms with Gasteiger partial charge in [-0.2, -0.15) is 0 Å². The van der Waals surface area contributed by atoms with Gasteiger partial charge in [-0.3, -0.25) is 0 Å². The van der Waals surface area contributed by atoms with Crippen LogP contribution in [0.5, 0.6) is 11.5 Å². The number of benzene rings is 2. The highest BCUT2D eigenvalue weighted by atomic mass is 16.7. The molecule has 0 radical (unpaired) electrons. The van der Waals surface area contributed by atoms with Crippen molar-refractivity contribution in [2.45, 2.75) is 25.3 Å². The molecule has 21 heavy (non-hydrogen) atoms. The molecule has 2 aliphatic rings. The lowest BCUT2D eigenvalue weighted by molar-refractivity contribution is 0.174. The van der Waals surface area contributed by atoms with Gasteiger partial charge in [0.25, 0.3) is 0 Å². The summed E-state index contributed by atoms with van der Waals surface area (Å²) in [5, 5.41) is 3.44. The molecule has 3 nitrogen and oxygen atoms in total. The fraction of sp³-hybridized carbons (Fsp3) is 0.333. The SMILES string of the molecule is CNC1CCCc2ccc(-c3ccc4c(c3)OCO4)cc21. The molecule has 0 spiro atoms. The number of rotatable bonds is 2. The Morgan fingerprint density at radius 2 is 1.81 bits per heavy atom. The Morgan fingerprint density at radius 1 is 1.00 bits per heavy atom. The first-order valence-electron chi connectivity index (χ1n) is 7.55. The van der Waals surface area contributed by atoms with Crippen molar-refractivity contribution in [3.8, 4) is 22.6 Å². The van der Waals surface area contributed by atoms with E-state index in [9.17, 15) is 0 Å². The van der Waals surface area contributed by atoms with Crippen LogP contribution < -0.4 is 14.8 Å². The maximum Gasteiger partial charge on any atom is 0.231 e. The molecule has 3 heteroatoms. The molecular formula is C18H19NO2. The first kappa shape index (κ1) is 12.7. The van der Waals surface area contributed by atoms with E-state index in [1.165, 1.54) is 41.5 Å². The van der Waals surface area contributed by atoms with Gasteiger partial charge in [-0.15, -0.1) is 0 Å². The van der Waals surface area contributed by atoms with Gasteiger partial charge in [0.15, 0.2) is 11.5 Å². The zero-order chi connectivity index (χ0) is 14.2. The Kier molecular flexibility index (Phi) is 3.08. The van der Waals surface area contributed by atoms with Crippen LogP contribution in [-0.4, -0.2) is 13.8 Å². The van der Waals surface area contributed by atoms with Crippen molar-refractivity contribution in [3.05, 3.63) is 47.5 Å². The predicted octanol–water partition coefficient (Wildman–Crippen LogP) is 3.68. The Bertz CT molecular complexity index is 681. The van der Waals surface area contributed by atoms with Crippen molar-refractivity contribution in [2.75, 3.05) is 13.8 Å². The largest absolute Gasteiger partial charge is 0.454 e. The second kappa shape index (κ2) is 5.08. The molecule has 1 N–H and O–H groups in total. The molecule has 2 aromatic rings. The minimum atomic E-state index is 0.324. The number of hydrogen-bond donors (Lipinski definition) is 1. The summed E-state index contributed by atoms with van der Waals surface area (Å²) >= 11 is 0. The van der Waals surface area contributed by atoms with Gasteiger partial charge in [0, 0.05) is 6.04 Å². The van der Waals surface area contributed by atoms with Gasteiger partial charge in [0.2, 0.25) is 6.79 Å². The summed E-state index contributed by atoms with van der Waals surface area (Å²) in [4.78, 5) is 0. The van der Waals surface area contributed by atoms with Crippen molar-refractivity contribution in [3.63, 3.8) is 0 Å². The van der Waals surface area contributed by atoms with Crippen LogP contribution in [0, 0.1) is 0 Å². The Labute approximate surface area is 124 Å². The lowest BCUT2D eigenvalue weighted by Crippen LogP contribution is -2.21. The van der Waals surface area contributed by atoms with Crippen LogP contribution in [0.4, 0.5) is 0 Å². The molecule has 0 aromatic heterocycles. The minimum absolute atomic E-state index is 0.324. The zero-order valence-corrected chi connectivity index (χ0v) is 12.2. The smallest absolute Gasteiger partial charge is 0.231 e. The highest BCUT2D eigenvalue weighted by molar-refractivity contribution is 5.69. The van der Waals surface area contributed by atoms with Crippen molar-refractivity contribution < 1.29 is 9.47 Å². The maximum atomic E-state index is 5.48. The zero-order valence-electron chi connectivity index (χ0n) is 12.2. The van der Waals surface area contributed by atoms with E-state index in [2.05, 4.69) is 35.6 Å². The second-order valence-electron chi connectivity index (χ2n) is 5.72. The van der Waals surface area contributed by atoms with Crippen LogP contribution >= 0.6 is 0 Å². The lowest BCUT2D eigenvalue weighted by Gasteiger charge is -2.25. The van der Waals surface area contributed by atoms with Gasteiger partial charge in [0.05, 0.1) is 0 Å². The number of fused-ring (bicyclic) bond motifs is 2. The van der Waals surface area contributed by atoms with Gasteiger partial charge in [-0.25, -0.2) is 0 Å². The first-order valence-corrected chi connectivity index (χ1v) is 7.55. The highest BCUT2D eigenvalue weighted by Crippen LogP contribution is 2.38. The van der Waals surface area contributed by atoms with Crippen LogP contribution in [0.2, 0.25) is 0 Å². The number of aryl methyl sites for hydroxylation is 1. The molecule has 0 amide bonds. The maximum absolute atomic E-state index is 5.48. The summed E-state index contributed by atoms with van der Waals surface area (Å²) in [6.07, 6.45) is 3.67. The first-order chi connectivity index (χ1) is 10.3. The third-order valence-electron chi connectivity index (χ3n) is 4.51. The Morgan fingerprint density at radius 3 is 2.71 bits per heavy atom. The van der Waals surface area contributed by atoms with E-state index in [1.807, 2.05) is 13.1 Å². The summed E-state index contributed by atoms with van der Waals surface area (Å²) in [5.41, 5.74) is 5.35. The van der Waals surface area contributed by atoms with Crippen LogP contribution in [-0.2, 0) is 6.42 Å². The van der Waals surface area contributed by atoms with E-state index in [0.717, 1.165) is 11.5 Å². The topological polar surface area (TPSA) is 30.5 Å². The lowest BCUT2D eigenvalue weighted by atomic mass is 9.85. The fourth-order valence-corrected chi connectivity index (χ4v) is 3.35. The molecule has 108 valence electrons. The van der Waals surface area contributed by atoms with Crippen molar-refractivity contribution in [1.29, 1.82) is 0 Å². The van der Waals surface area contributed by atoms with E-state index in [1.54, 1.807) is 0 Å². The van der Waals surface area contributed by atoms with Gasteiger partial charge >= 0.3 is 0 Å². The quantitative estimate of drug-likeness (QED) is 0.911. The number of nitrogens with one attached hydrogen (secondary N) is 1. The molecule has 1 aliphatic heterocycles. The highest BCUT2D eigenvalue weighted by Gasteiger charge is 2.20. The Balaban J connectivity index is 1.76. The summed E-state index contributed by atoms with van der Waals surface area (Å²) in [7, 11) is 2.05. The van der Waals surface area contributed by atoms with Gasteiger partial charge < -0.3 is 14.8 Å². The molecule has 1 unspecified atom stereocenters. The third kappa shape index (κ3) is 2.18. The normalized spacial score (nSPS) is 19.4. The van der Waals surface area contributed by atoms with Gasteiger partial charge in [-0.05, 0) is 66.8 Å². The van der Waals surface area contributed by atoms with Gasteiger partial charge in [-0.1, -0.05) is 18.2 Å². The molecule has 0 fully saturated rings. The average Bonchev–Trinajstić information content (AvgIpc) is 3.01. The molecule has 0 bridgehead atoms. The molecule has 0 saturated carbocycles. The molecule has 1 heterocycles. The van der Waals surface area contributed by atoms with E-state index < -0.39 is 0 Å². The summed E-state index contributed by atoms with van der Waals surface area (Å²) in [6.45, 7) is 0.324. The van der Waals surface area contributed by atoms with Crippen molar-refractivity contribution in [2.24, 2.45) is 0 Å². The molecule has 0 saturated heterocycles. The van der Waals surface area contributed by atoms with E-state index in [-0.39, 0.29) is 0 Å². The third-order valence-corrected chi connectivity index (χ3v) is 4.51. The van der Waals surface area contributed by atoms with E-state index in [0.29, 0.717) is 12.8 Å². The van der Waals surface area contributed by atoms with Crippen LogP contribution in [0.1, 0.15) is 30.0 Å². The summed E-state index contributed by atoms with van der Waals surface area (Å²) in [6, 6.07) is 13.5. The molecular weight excluding hydrogens is 262 g/mol. The van der Waals surface area contributed by atoms with Crippen molar-refractivity contribution >= 4 is 0 Å². The van der Waals surface area contributed by atoms with Gasteiger partial charge in [0.1, 0.15) is 0 Å². The van der Waals surface area contributed by atoms with E-state index in [4.69, 9.17) is 9.47 Å². The Hall–Kier alpha value is -2.00. The van der Waals surface area contributed by atoms with E-state index >= 15 is 0 Å². The summed E-state index contributed by atoms with van der Waals surface area (Å²) in [5.74, 6) is 1.68. The minimum Gasteiger partial charge on any atom is -0.454 e. The molecule has 4 rings (SSSR count). The predicted molar refractivity (Wildman–Crippen MR) is 82.7 cm³/mol. The second-order valence-corrected chi connectivity index (χ2v) is 5.72. The molecule has 1 atom stereocenters. The monoisotopic (exact) mass is 281 g/mol. The standard InChI is InChI=1S/C18H19NO2/c1-19-16-4-2-3-12-5-6-13(9-15(12)16)14-7-8-17-18(10-14)21-11-20-17/h5-10,16,19H,2-4,11H2,1H3. The fourth-order valence-electron chi connectivity index (χ4n) is 3.35. The average molecular weight is 281 g/mol. The number of ether oxygens (including phenoxy) is 2.